The fourth-order valence-corrected chi connectivity index (χ4v) is 4.09. The summed E-state index contributed by atoms with van der Waals surface area (Å²) in [5.41, 5.74) is 3.29. The molecule has 3 aromatic rings. The summed E-state index contributed by atoms with van der Waals surface area (Å²) in [6, 6.07) is 11.4. The summed E-state index contributed by atoms with van der Waals surface area (Å²) in [4.78, 5) is 12.4. The number of benzene rings is 1. The zero-order valence-electron chi connectivity index (χ0n) is 15.3. The maximum absolute atomic E-state index is 12.4. The lowest BCUT2D eigenvalue weighted by Crippen LogP contribution is -3.00. The molecular formula is C22H18BrNO3S. The number of aryl methyl sites for hydroxylation is 1. The van der Waals surface area contributed by atoms with Crippen LogP contribution in [0.2, 0.25) is 0 Å². The Morgan fingerprint density at radius 3 is 2.89 bits per heavy atom. The van der Waals surface area contributed by atoms with Gasteiger partial charge >= 0.3 is 5.63 Å². The molecule has 0 N–H and O–H groups in total. The Labute approximate surface area is 176 Å². The second-order valence-electron chi connectivity index (χ2n) is 6.45. The fraction of sp³-hybridized carbons (Fsp3) is 0.182. The van der Waals surface area contributed by atoms with Crippen LogP contribution >= 0.6 is 0 Å². The summed E-state index contributed by atoms with van der Waals surface area (Å²) < 4.78 is 19.6. The van der Waals surface area contributed by atoms with E-state index in [1.165, 1.54) is 0 Å². The van der Waals surface area contributed by atoms with Gasteiger partial charge in [0.05, 0.1) is 5.56 Å². The van der Waals surface area contributed by atoms with E-state index in [-0.39, 0.29) is 22.6 Å². The highest BCUT2D eigenvalue weighted by Crippen LogP contribution is 2.22. The molecule has 1 aliphatic heterocycles. The number of hydrogen-bond acceptors (Lipinski definition) is 3. The third kappa shape index (κ3) is 4.32. The minimum Gasteiger partial charge on any atom is -1.00 e. The Hall–Kier alpha value is -2.49. The van der Waals surface area contributed by atoms with Crippen molar-refractivity contribution in [3.63, 3.8) is 0 Å². The second-order valence-corrected chi connectivity index (χ2v) is 8.02. The largest absolute Gasteiger partial charge is 1.00 e. The summed E-state index contributed by atoms with van der Waals surface area (Å²) in [5.74, 6) is 7.20. The SMILES string of the molecule is C[n+]1ccccc1/C=C/c1cc2cc3c(cc2oc1=O)C#CCCS(=O)C3.[Br-]. The molecule has 0 bridgehead atoms. The molecule has 0 aliphatic carbocycles. The predicted octanol–water partition coefficient (Wildman–Crippen LogP) is -0.204. The lowest BCUT2D eigenvalue weighted by atomic mass is 10.0. The van der Waals surface area contributed by atoms with Crippen LogP contribution in [0.25, 0.3) is 23.1 Å². The Balaban J connectivity index is 0.00000225. The minimum absolute atomic E-state index is 0. The summed E-state index contributed by atoms with van der Waals surface area (Å²) in [5, 5.41) is 0.810. The first-order chi connectivity index (χ1) is 13.1. The van der Waals surface area contributed by atoms with Gasteiger partial charge < -0.3 is 21.4 Å². The Morgan fingerprint density at radius 1 is 1.21 bits per heavy atom. The predicted molar refractivity (Wildman–Crippen MR) is 107 cm³/mol. The number of aromatic nitrogens is 1. The molecule has 2 aromatic heterocycles. The molecule has 0 radical (unpaired) electrons. The molecular weight excluding hydrogens is 438 g/mol. The maximum Gasteiger partial charge on any atom is 0.343 e. The van der Waals surface area contributed by atoms with E-state index in [1.807, 2.05) is 54.2 Å². The minimum atomic E-state index is -0.925. The highest BCUT2D eigenvalue weighted by atomic mass is 79.9. The Bertz CT molecular complexity index is 1220. The van der Waals surface area contributed by atoms with Gasteiger partial charge in [-0.25, -0.2) is 9.36 Å². The van der Waals surface area contributed by atoms with E-state index in [2.05, 4.69) is 11.8 Å². The van der Waals surface area contributed by atoms with E-state index < -0.39 is 10.8 Å². The number of fused-ring (bicyclic) bond motifs is 2. The Morgan fingerprint density at radius 2 is 2.07 bits per heavy atom. The van der Waals surface area contributed by atoms with Crippen molar-refractivity contribution in [3.8, 4) is 11.8 Å². The summed E-state index contributed by atoms with van der Waals surface area (Å²) in [6.45, 7) is 0. The molecule has 3 heterocycles. The Kier molecular flexibility index (Phi) is 6.28. The topological polar surface area (TPSA) is 51.2 Å². The first-order valence-corrected chi connectivity index (χ1v) is 10.2. The zero-order valence-corrected chi connectivity index (χ0v) is 17.7. The molecule has 142 valence electrons. The van der Waals surface area contributed by atoms with Crippen LogP contribution in [0.4, 0.5) is 0 Å². The van der Waals surface area contributed by atoms with E-state index in [1.54, 1.807) is 12.1 Å². The highest BCUT2D eigenvalue weighted by molar-refractivity contribution is 7.84. The first kappa shape index (κ1) is 20.2. The molecule has 4 nitrogen and oxygen atoms in total. The van der Waals surface area contributed by atoms with Gasteiger partial charge in [-0.1, -0.05) is 11.8 Å². The van der Waals surface area contributed by atoms with Gasteiger partial charge in [0, 0.05) is 57.9 Å². The molecule has 0 saturated carbocycles. The molecule has 4 rings (SSSR count). The number of hydrogen-bond donors (Lipinski definition) is 0. The van der Waals surface area contributed by atoms with Crippen LogP contribution in [0.5, 0.6) is 0 Å². The molecule has 28 heavy (non-hydrogen) atoms. The molecule has 6 heteroatoms. The molecule has 0 amide bonds. The van der Waals surface area contributed by atoms with E-state index in [0.29, 0.717) is 29.1 Å². The number of pyridine rings is 1. The van der Waals surface area contributed by atoms with Crippen molar-refractivity contribution in [3.05, 3.63) is 75.4 Å². The average Bonchev–Trinajstić information content (AvgIpc) is 2.64. The molecule has 1 aromatic carbocycles. The van der Waals surface area contributed by atoms with Gasteiger partial charge in [-0.05, 0) is 35.9 Å². The fourth-order valence-electron chi connectivity index (χ4n) is 3.04. The van der Waals surface area contributed by atoms with Gasteiger partial charge in [0.25, 0.3) is 0 Å². The normalized spacial score (nSPS) is 15.8. The lowest BCUT2D eigenvalue weighted by molar-refractivity contribution is -0.673. The molecule has 1 atom stereocenters. The molecule has 1 aliphatic rings. The molecule has 0 fully saturated rings. The van der Waals surface area contributed by atoms with E-state index in [9.17, 15) is 9.00 Å². The van der Waals surface area contributed by atoms with Gasteiger partial charge in [0.1, 0.15) is 12.6 Å². The van der Waals surface area contributed by atoms with Gasteiger partial charge in [-0.15, -0.1) is 0 Å². The summed E-state index contributed by atoms with van der Waals surface area (Å²) in [6.07, 6.45) is 6.21. The standard InChI is InChI=1S/C22H18NO3S.BrH/c1-23-10-4-2-7-20(23)9-8-17-12-18-13-19-15-27(25)11-5-3-6-16(19)14-21(18)26-22(17)24;/h2,4,7-10,12-14H,5,11,15H2,1H3;1H/q+1;/p-1/b9-8+;. The summed E-state index contributed by atoms with van der Waals surface area (Å²) >= 11 is 0. The van der Waals surface area contributed by atoms with Crippen molar-refractivity contribution < 1.29 is 30.2 Å². The average molecular weight is 456 g/mol. The zero-order chi connectivity index (χ0) is 18.8. The number of rotatable bonds is 2. The van der Waals surface area contributed by atoms with Gasteiger partial charge in [0.15, 0.2) is 6.20 Å². The van der Waals surface area contributed by atoms with E-state index in [0.717, 1.165) is 22.2 Å². The van der Waals surface area contributed by atoms with E-state index >= 15 is 0 Å². The van der Waals surface area contributed by atoms with Crippen LogP contribution in [-0.2, 0) is 23.6 Å². The third-order valence-corrected chi connectivity index (χ3v) is 5.80. The number of halogens is 1. The first-order valence-electron chi connectivity index (χ1n) is 8.67. The monoisotopic (exact) mass is 455 g/mol. The molecule has 1 unspecified atom stereocenters. The second kappa shape index (κ2) is 8.68. The summed E-state index contributed by atoms with van der Waals surface area (Å²) in [7, 11) is 1.02. The number of nitrogens with zero attached hydrogens (tertiary/aromatic N) is 1. The quantitative estimate of drug-likeness (QED) is 0.305. The van der Waals surface area contributed by atoms with Crippen molar-refractivity contribution in [2.45, 2.75) is 12.2 Å². The molecule has 0 saturated heterocycles. The lowest BCUT2D eigenvalue weighted by Gasteiger charge is -2.09. The van der Waals surface area contributed by atoms with Crippen LogP contribution in [0.3, 0.4) is 0 Å². The van der Waals surface area contributed by atoms with Crippen LogP contribution in [0.1, 0.15) is 28.8 Å². The van der Waals surface area contributed by atoms with Gasteiger partial charge in [-0.2, -0.15) is 0 Å². The van der Waals surface area contributed by atoms with Gasteiger partial charge in [-0.3, -0.25) is 4.21 Å². The van der Waals surface area contributed by atoms with Gasteiger partial charge in [0.2, 0.25) is 5.69 Å². The van der Waals surface area contributed by atoms with Crippen LogP contribution < -0.4 is 27.2 Å². The van der Waals surface area contributed by atoms with Crippen molar-refractivity contribution in [1.82, 2.24) is 0 Å². The van der Waals surface area contributed by atoms with Crippen LogP contribution in [0, 0.1) is 11.8 Å². The smallest absolute Gasteiger partial charge is 0.343 e. The highest BCUT2D eigenvalue weighted by Gasteiger charge is 2.12. The van der Waals surface area contributed by atoms with Crippen molar-refractivity contribution >= 4 is 33.9 Å². The van der Waals surface area contributed by atoms with Crippen molar-refractivity contribution in [2.24, 2.45) is 7.05 Å². The third-order valence-electron chi connectivity index (χ3n) is 4.51. The van der Waals surface area contributed by atoms with Crippen LogP contribution in [-0.4, -0.2) is 9.96 Å². The van der Waals surface area contributed by atoms with Crippen molar-refractivity contribution in [1.29, 1.82) is 0 Å². The van der Waals surface area contributed by atoms with E-state index in [4.69, 9.17) is 4.42 Å². The molecule has 0 spiro atoms. The maximum atomic E-state index is 12.4. The van der Waals surface area contributed by atoms with Crippen molar-refractivity contribution in [2.75, 3.05) is 5.75 Å². The van der Waals surface area contributed by atoms with Crippen LogP contribution in [0.15, 0.2) is 51.8 Å².